The first-order valence-corrected chi connectivity index (χ1v) is 9.56. The Bertz CT molecular complexity index is 795. The molecule has 0 amide bonds. The van der Waals surface area contributed by atoms with Gasteiger partial charge in [0.15, 0.2) is 0 Å². The van der Waals surface area contributed by atoms with Crippen LogP contribution in [0.1, 0.15) is 11.1 Å². The summed E-state index contributed by atoms with van der Waals surface area (Å²) in [6.45, 7) is 1.78. The number of rotatable bonds is 11. The predicted molar refractivity (Wildman–Crippen MR) is 119 cm³/mol. The third-order valence-corrected chi connectivity index (χ3v) is 3.80. The van der Waals surface area contributed by atoms with Gasteiger partial charge in [-0.05, 0) is 64.6 Å². The maximum atomic E-state index is 9.97. The molecule has 0 saturated carbocycles. The molecule has 0 aromatic heterocycles. The van der Waals surface area contributed by atoms with Crippen LogP contribution in [0, 0.1) is 0 Å². The lowest BCUT2D eigenvalue weighted by molar-refractivity contribution is 0.179. The van der Waals surface area contributed by atoms with Crippen LogP contribution in [0.3, 0.4) is 0 Å². The minimum Gasteiger partial charge on any atom is -0.507 e. The molecular weight excluding hydrogens is 384 g/mol. The minimum absolute atomic E-state index is 0.138. The Morgan fingerprint density at radius 2 is 1.13 bits per heavy atom. The molecule has 0 bridgehead atoms. The van der Waals surface area contributed by atoms with Crippen LogP contribution in [0.2, 0.25) is 0 Å². The second-order valence-electron chi connectivity index (χ2n) is 7.22. The molecule has 2 aromatic carbocycles. The lowest BCUT2D eigenvalue weighted by atomic mass is 10.2. The third kappa shape index (κ3) is 8.10. The second kappa shape index (κ2) is 11.8. The number of aliphatic imine (C=N–C) groups is 2. The van der Waals surface area contributed by atoms with E-state index in [-0.39, 0.29) is 11.5 Å². The average molecular weight is 415 g/mol. The van der Waals surface area contributed by atoms with Crippen molar-refractivity contribution in [3.05, 3.63) is 47.5 Å². The number of benzene rings is 2. The summed E-state index contributed by atoms with van der Waals surface area (Å²) in [5.74, 6) is 1.60. The molecule has 0 radical (unpaired) electrons. The van der Waals surface area contributed by atoms with Gasteiger partial charge in [-0.2, -0.15) is 0 Å². The summed E-state index contributed by atoms with van der Waals surface area (Å²) < 4.78 is 11.2. The van der Waals surface area contributed by atoms with Crippen molar-refractivity contribution in [3.63, 3.8) is 0 Å². The van der Waals surface area contributed by atoms with Gasteiger partial charge in [-0.3, -0.25) is 19.8 Å². The topological polar surface area (TPSA) is 90.1 Å². The zero-order chi connectivity index (χ0) is 21.9. The Morgan fingerprint density at radius 3 is 1.50 bits per heavy atom. The van der Waals surface area contributed by atoms with E-state index in [1.165, 1.54) is 0 Å². The Morgan fingerprint density at radius 1 is 0.733 bits per heavy atom. The van der Waals surface area contributed by atoms with Gasteiger partial charge in [-0.1, -0.05) is 0 Å². The summed E-state index contributed by atoms with van der Waals surface area (Å²) in [4.78, 5) is 12.4. The number of hydrogen-bond acceptors (Lipinski definition) is 8. The van der Waals surface area contributed by atoms with Crippen LogP contribution in [0.5, 0.6) is 23.0 Å². The molecule has 0 heterocycles. The summed E-state index contributed by atoms with van der Waals surface area (Å²) in [5.41, 5.74) is 1.16. The Hall–Kier alpha value is -3.10. The Balaban J connectivity index is 1.88. The van der Waals surface area contributed by atoms with Gasteiger partial charge in [-0.25, -0.2) is 0 Å². The summed E-state index contributed by atoms with van der Waals surface area (Å²) >= 11 is 0. The first-order valence-electron chi connectivity index (χ1n) is 9.56. The van der Waals surface area contributed by atoms with Crippen LogP contribution in [-0.2, 0) is 0 Å². The first kappa shape index (κ1) is 23.2. The van der Waals surface area contributed by atoms with E-state index in [1.807, 2.05) is 38.0 Å². The molecule has 2 aromatic rings. The highest BCUT2D eigenvalue weighted by atomic mass is 16.5. The second-order valence-corrected chi connectivity index (χ2v) is 7.22. The fourth-order valence-electron chi connectivity index (χ4n) is 2.30. The molecule has 162 valence electrons. The quantitative estimate of drug-likeness (QED) is 0.333. The van der Waals surface area contributed by atoms with Crippen LogP contribution in [0.15, 0.2) is 46.4 Å². The van der Waals surface area contributed by atoms with Gasteiger partial charge in [0.05, 0.1) is 13.1 Å². The zero-order valence-corrected chi connectivity index (χ0v) is 17.9. The van der Waals surface area contributed by atoms with Crippen molar-refractivity contribution in [3.8, 4) is 23.0 Å². The van der Waals surface area contributed by atoms with E-state index in [0.717, 1.165) is 0 Å². The maximum Gasteiger partial charge on any atom is 0.141 e. The van der Waals surface area contributed by atoms with E-state index in [9.17, 15) is 10.2 Å². The molecule has 0 spiro atoms. The number of ether oxygens (including phenoxy) is 2. The molecule has 0 fully saturated rings. The molecule has 8 heteroatoms. The van der Waals surface area contributed by atoms with Crippen LogP contribution >= 0.6 is 0 Å². The van der Waals surface area contributed by atoms with Gasteiger partial charge in [0.25, 0.3) is 0 Å². The number of phenolic OH excluding ortho intramolecular Hbond substituents is 2. The molecule has 0 saturated heterocycles. The van der Waals surface area contributed by atoms with E-state index in [1.54, 1.807) is 48.8 Å². The summed E-state index contributed by atoms with van der Waals surface area (Å²) in [5, 5.41) is 19.9. The highest BCUT2D eigenvalue weighted by Crippen LogP contribution is 2.22. The van der Waals surface area contributed by atoms with Crippen molar-refractivity contribution in [1.82, 2.24) is 9.80 Å². The molecule has 30 heavy (non-hydrogen) atoms. The maximum absolute atomic E-state index is 9.97. The van der Waals surface area contributed by atoms with Crippen molar-refractivity contribution in [2.24, 2.45) is 9.98 Å². The molecule has 0 aliphatic carbocycles. The fourth-order valence-corrected chi connectivity index (χ4v) is 2.30. The van der Waals surface area contributed by atoms with Crippen LogP contribution in [-0.4, -0.2) is 87.2 Å². The van der Waals surface area contributed by atoms with E-state index in [2.05, 4.69) is 9.98 Å². The Labute approximate surface area is 177 Å². The number of hydrogen-bond donors (Lipinski definition) is 2. The van der Waals surface area contributed by atoms with E-state index in [4.69, 9.17) is 9.47 Å². The van der Waals surface area contributed by atoms with E-state index < -0.39 is 0 Å². The molecule has 8 nitrogen and oxygen atoms in total. The predicted octanol–water partition coefficient (Wildman–Crippen LogP) is 2.43. The average Bonchev–Trinajstić information content (AvgIpc) is 2.70. The van der Waals surface area contributed by atoms with Crippen molar-refractivity contribution < 1.29 is 19.7 Å². The van der Waals surface area contributed by atoms with Gasteiger partial charge < -0.3 is 19.7 Å². The monoisotopic (exact) mass is 414 g/mol. The van der Waals surface area contributed by atoms with Crippen molar-refractivity contribution in [1.29, 1.82) is 0 Å². The van der Waals surface area contributed by atoms with Crippen LogP contribution in [0.4, 0.5) is 0 Å². The third-order valence-electron chi connectivity index (χ3n) is 3.80. The largest absolute Gasteiger partial charge is 0.507 e. The number of aromatic hydroxyl groups is 2. The van der Waals surface area contributed by atoms with Gasteiger partial charge in [0.1, 0.15) is 36.5 Å². The number of nitrogens with zero attached hydrogens (tertiary/aromatic N) is 4. The number of phenols is 2. The van der Waals surface area contributed by atoms with Gasteiger partial charge in [0, 0.05) is 23.6 Å². The zero-order valence-electron chi connectivity index (χ0n) is 17.9. The summed E-state index contributed by atoms with van der Waals surface area (Å²) in [6.07, 6.45) is 3.20. The SMILES string of the molecule is CN(C)COc1ccc(O)c(C=NCCN=Cc2cc(OCN(C)C)ccc2O)c1. The highest BCUT2D eigenvalue weighted by Gasteiger charge is 2.03. The smallest absolute Gasteiger partial charge is 0.141 e. The first-order chi connectivity index (χ1) is 14.3. The van der Waals surface area contributed by atoms with Gasteiger partial charge >= 0.3 is 0 Å². The van der Waals surface area contributed by atoms with Crippen molar-refractivity contribution in [2.75, 3.05) is 54.7 Å². The molecule has 0 unspecified atom stereocenters. The molecule has 2 rings (SSSR count). The normalized spacial score (nSPS) is 11.8. The molecular formula is C22H30N4O4. The van der Waals surface area contributed by atoms with Crippen LogP contribution in [0.25, 0.3) is 0 Å². The van der Waals surface area contributed by atoms with Crippen molar-refractivity contribution in [2.45, 2.75) is 0 Å². The lowest BCUT2D eigenvalue weighted by Crippen LogP contribution is -2.18. The standard InChI is InChI=1S/C22H30N4O4/c1-25(2)15-29-19-5-7-21(27)17(11-19)13-23-9-10-24-14-18-12-20(6-8-22(18)28)30-16-26(3)4/h5-8,11-14,27-28H,9-10,15-16H2,1-4H3. The van der Waals surface area contributed by atoms with Gasteiger partial charge in [-0.15, -0.1) is 0 Å². The summed E-state index contributed by atoms with van der Waals surface area (Å²) in [6, 6.07) is 10.1. The Kier molecular flexibility index (Phi) is 9.11. The van der Waals surface area contributed by atoms with E-state index >= 15 is 0 Å². The van der Waals surface area contributed by atoms with Gasteiger partial charge in [0.2, 0.25) is 0 Å². The molecule has 0 atom stereocenters. The highest BCUT2D eigenvalue weighted by molar-refractivity contribution is 5.84. The molecule has 2 N–H and O–H groups in total. The lowest BCUT2D eigenvalue weighted by Gasteiger charge is -2.12. The van der Waals surface area contributed by atoms with Crippen molar-refractivity contribution >= 4 is 12.4 Å². The fraction of sp³-hybridized carbons (Fsp3) is 0.364. The minimum atomic E-state index is 0.138. The van der Waals surface area contributed by atoms with E-state index in [0.29, 0.717) is 49.2 Å². The molecule has 0 aliphatic heterocycles. The summed E-state index contributed by atoms with van der Waals surface area (Å²) in [7, 11) is 7.65. The van der Waals surface area contributed by atoms with Crippen LogP contribution < -0.4 is 9.47 Å². The molecule has 0 aliphatic rings.